The molecule has 6 nitrogen and oxygen atoms in total. The fourth-order valence-electron chi connectivity index (χ4n) is 3.69. The number of aromatic nitrogens is 3. The molecule has 5 rings (SSSR count). The highest BCUT2D eigenvalue weighted by Gasteiger charge is 2.26. The molecule has 7 heteroatoms. The molecule has 0 radical (unpaired) electrons. The highest BCUT2D eigenvalue weighted by atomic mass is 32.1. The summed E-state index contributed by atoms with van der Waals surface area (Å²) in [5.41, 5.74) is 4.11. The number of carbonyl (C=O) groups is 1. The summed E-state index contributed by atoms with van der Waals surface area (Å²) in [6.07, 6.45) is 7.38. The van der Waals surface area contributed by atoms with Crippen molar-refractivity contribution in [1.82, 2.24) is 20.3 Å². The van der Waals surface area contributed by atoms with E-state index in [0.717, 1.165) is 45.6 Å². The van der Waals surface area contributed by atoms with Gasteiger partial charge in [-0.05, 0) is 55.5 Å². The van der Waals surface area contributed by atoms with Crippen molar-refractivity contribution in [3.8, 4) is 0 Å². The van der Waals surface area contributed by atoms with Gasteiger partial charge in [-0.3, -0.25) is 9.78 Å². The van der Waals surface area contributed by atoms with Crippen molar-refractivity contribution in [2.75, 3.05) is 5.32 Å². The minimum Gasteiger partial charge on any atom is -0.367 e. The smallest absolute Gasteiger partial charge is 0.262 e. The maximum atomic E-state index is 13.4. The number of carbonyl (C=O) groups excluding carboxylic acids is 1. The molecule has 3 heterocycles. The highest BCUT2D eigenvalue weighted by Crippen LogP contribution is 2.36. The Bertz CT molecular complexity index is 1230. The zero-order valence-corrected chi connectivity index (χ0v) is 18.2. The number of hydrogen-bond acceptors (Lipinski definition) is 6. The number of thiophene rings is 1. The van der Waals surface area contributed by atoms with Crippen LogP contribution in [0.4, 0.5) is 5.82 Å². The summed E-state index contributed by atoms with van der Waals surface area (Å²) < 4.78 is 0. The predicted octanol–water partition coefficient (Wildman–Crippen LogP) is 4.80. The standard InChI is InChI=1S/C24H23N5OS/c1-14-3-5-16(6-4-14)20(17-9-11-25-12-10-17)29-23(30)21-15(2)19-22(28-18-7-8-18)26-13-27-24(19)31-21/h3-6,9-13,18,20H,7-8H2,1-2H3,(H,29,30)(H,26,27,28)/t20-/m0/s1. The largest absolute Gasteiger partial charge is 0.367 e. The van der Waals surface area contributed by atoms with Crippen LogP contribution in [-0.2, 0) is 0 Å². The number of nitrogens with one attached hydrogen (secondary N) is 2. The van der Waals surface area contributed by atoms with Crippen LogP contribution in [0.15, 0.2) is 55.1 Å². The molecule has 1 atom stereocenters. The Balaban J connectivity index is 1.50. The van der Waals surface area contributed by atoms with Crippen LogP contribution in [0.25, 0.3) is 10.2 Å². The zero-order valence-electron chi connectivity index (χ0n) is 17.4. The SMILES string of the molecule is Cc1ccc([C@H](NC(=O)c2sc3ncnc(NC4CC4)c3c2C)c2ccncc2)cc1. The number of aryl methyl sites for hydroxylation is 2. The lowest BCUT2D eigenvalue weighted by atomic mass is 9.98. The van der Waals surface area contributed by atoms with E-state index in [1.54, 1.807) is 18.7 Å². The average molecular weight is 430 g/mol. The van der Waals surface area contributed by atoms with E-state index in [1.165, 1.54) is 16.9 Å². The van der Waals surface area contributed by atoms with Crippen molar-refractivity contribution in [1.29, 1.82) is 0 Å². The summed E-state index contributed by atoms with van der Waals surface area (Å²) >= 11 is 1.41. The molecule has 3 aromatic heterocycles. The zero-order chi connectivity index (χ0) is 21.4. The van der Waals surface area contributed by atoms with Crippen molar-refractivity contribution in [3.63, 3.8) is 0 Å². The summed E-state index contributed by atoms with van der Waals surface area (Å²) in [6, 6.07) is 12.3. The Labute approximate surface area is 184 Å². The molecule has 4 aromatic rings. The molecule has 1 amide bonds. The summed E-state index contributed by atoms with van der Waals surface area (Å²) in [5, 5.41) is 7.65. The first-order chi connectivity index (χ1) is 15.1. The molecule has 1 aliphatic rings. The summed E-state index contributed by atoms with van der Waals surface area (Å²) in [6.45, 7) is 4.03. The van der Waals surface area contributed by atoms with Gasteiger partial charge in [-0.25, -0.2) is 9.97 Å². The molecule has 0 aliphatic heterocycles. The van der Waals surface area contributed by atoms with Crippen LogP contribution in [-0.4, -0.2) is 26.9 Å². The van der Waals surface area contributed by atoms with E-state index in [2.05, 4.69) is 56.8 Å². The van der Waals surface area contributed by atoms with Gasteiger partial charge < -0.3 is 10.6 Å². The number of pyridine rings is 1. The van der Waals surface area contributed by atoms with E-state index in [1.807, 2.05) is 19.1 Å². The lowest BCUT2D eigenvalue weighted by molar-refractivity contribution is 0.0946. The first kappa shape index (κ1) is 19.6. The molecule has 0 unspecified atom stereocenters. The number of nitrogens with zero attached hydrogens (tertiary/aromatic N) is 3. The molecule has 1 aromatic carbocycles. The first-order valence-corrected chi connectivity index (χ1v) is 11.2. The molecule has 1 fully saturated rings. The maximum Gasteiger partial charge on any atom is 0.262 e. The lowest BCUT2D eigenvalue weighted by Crippen LogP contribution is -2.29. The van der Waals surface area contributed by atoms with Crippen molar-refractivity contribution in [2.45, 2.75) is 38.8 Å². The second-order valence-corrected chi connectivity index (χ2v) is 8.97. The van der Waals surface area contributed by atoms with Gasteiger partial charge >= 0.3 is 0 Å². The summed E-state index contributed by atoms with van der Waals surface area (Å²) in [7, 11) is 0. The Morgan fingerprint density at radius 3 is 2.45 bits per heavy atom. The normalized spacial score (nSPS) is 14.4. The third-order valence-corrected chi connectivity index (χ3v) is 6.78. The van der Waals surface area contributed by atoms with Crippen LogP contribution in [0.5, 0.6) is 0 Å². The Kier molecular flexibility index (Phi) is 5.11. The predicted molar refractivity (Wildman–Crippen MR) is 124 cm³/mol. The topological polar surface area (TPSA) is 79.8 Å². The number of fused-ring (bicyclic) bond motifs is 1. The van der Waals surface area contributed by atoms with Crippen LogP contribution >= 0.6 is 11.3 Å². The van der Waals surface area contributed by atoms with Crippen LogP contribution < -0.4 is 10.6 Å². The van der Waals surface area contributed by atoms with E-state index in [4.69, 9.17) is 0 Å². The van der Waals surface area contributed by atoms with E-state index in [0.29, 0.717) is 10.9 Å². The van der Waals surface area contributed by atoms with Crippen molar-refractivity contribution in [2.24, 2.45) is 0 Å². The van der Waals surface area contributed by atoms with E-state index in [-0.39, 0.29) is 11.9 Å². The van der Waals surface area contributed by atoms with Gasteiger partial charge in [0.15, 0.2) is 0 Å². The Hall–Kier alpha value is -3.32. The molecule has 1 aliphatic carbocycles. The van der Waals surface area contributed by atoms with Crippen molar-refractivity contribution in [3.05, 3.63) is 82.3 Å². The fraction of sp³-hybridized carbons (Fsp3) is 0.250. The summed E-state index contributed by atoms with van der Waals surface area (Å²) in [5.74, 6) is 0.713. The van der Waals surface area contributed by atoms with Gasteiger partial charge in [0.05, 0.1) is 16.3 Å². The second kappa shape index (κ2) is 8.07. The Morgan fingerprint density at radius 1 is 1.03 bits per heavy atom. The monoisotopic (exact) mass is 429 g/mol. The van der Waals surface area contributed by atoms with Gasteiger partial charge in [-0.1, -0.05) is 29.8 Å². The first-order valence-electron chi connectivity index (χ1n) is 10.4. The van der Waals surface area contributed by atoms with Gasteiger partial charge in [0.1, 0.15) is 17.0 Å². The summed E-state index contributed by atoms with van der Waals surface area (Å²) in [4.78, 5) is 27.9. The van der Waals surface area contributed by atoms with Gasteiger partial charge in [-0.15, -0.1) is 11.3 Å². The molecule has 0 saturated heterocycles. The van der Waals surface area contributed by atoms with Gasteiger partial charge in [0.25, 0.3) is 5.91 Å². The lowest BCUT2D eigenvalue weighted by Gasteiger charge is -2.20. The van der Waals surface area contributed by atoms with Crippen LogP contribution in [0.1, 0.15) is 50.8 Å². The third-order valence-electron chi connectivity index (χ3n) is 5.58. The molecule has 1 saturated carbocycles. The van der Waals surface area contributed by atoms with Crippen molar-refractivity contribution < 1.29 is 4.79 Å². The third kappa shape index (κ3) is 4.01. The highest BCUT2D eigenvalue weighted by molar-refractivity contribution is 7.20. The van der Waals surface area contributed by atoms with E-state index in [9.17, 15) is 4.79 Å². The minimum atomic E-state index is -0.268. The number of benzene rings is 1. The number of amides is 1. The van der Waals surface area contributed by atoms with E-state index < -0.39 is 0 Å². The molecule has 0 bridgehead atoms. The fourth-order valence-corrected chi connectivity index (χ4v) is 4.74. The number of rotatable bonds is 6. The number of anilines is 1. The molecule has 156 valence electrons. The van der Waals surface area contributed by atoms with Crippen LogP contribution in [0.3, 0.4) is 0 Å². The molecule has 0 spiro atoms. The minimum absolute atomic E-state index is 0.111. The Morgan fingerprint density at radius 2 is 1.74 bits per heavy atom. The van der Waals surface area contributed by atoms with Crippen LogP contribution in [0.2, 0.25) is 0 Å². The average Bonchev–Trinajstić information content (AvgIpc) is 3.54. The van der Waals surface area contributed by atoms with Crippen LogP contribution in [0, 0.1) is 13.8 Å². The quantitative estimate of drug-likeness (QED) is 0.460. The maximum absolute atomic E-state index is 13.4. The number of hydrogen-bond donors (Lipinski definition) is 2. The molecular weight excluding hydrogens is 406 g/mol. The van der Waals surface area contributed by atoms with Gasteiger partial charge in [0.2, 0.25) is 0 Å². The second-order valence-electron chi connectivity index (χ2n) is 7.97. The van der Waals surface area contributed by atoms with E-state index >= 15 is 0 Å². The molecule has 31 heavy (non-hydrogen) atoms. The van der Waals surface area contributed by atoms with Crippen molar-refractivity contribution >= 4 is 33.3 Å². The van der Waals surface area contributed by atoms with Gasteiger partial charge in [0, 0.05) is 18.4 Å². The molecular formula is C24H23N5OS. The molecule has 2 N–H and O–H groups in total. The van der Waals surface area contributed by atoms with Gasteiger partial charge in [-0.2, -0.15) is 0 Å².